The lowest BCUT2D eigenvalue weighted by Crippen LogP contribution is -2.45. The Hall–Kier alpha value is -1.42. The lowest BCUT2D eigenvalue weighted by atomic mass is 9.95. The van der Waals surface area contributed by atoms with E-state index in [1.807, 2.05) is 0 Å². The van der Waals surface area contributed by atoms with Gasteiger partial charge in [-0.3, -0.25) is 4.79 Å². The zero-order chi connectivity index (χ0) is 10.1. The number of nitrogens with two attached hydrogens (primary N) is 1. The van der Waals surface area contributed by atoms with E-state index in [4.69, 9.17) is 5.73 Å². The third-order valence-corrected chi connectivity index (χ3v) is 2.47. The van der Waals surface area contributed by atoms with Gasteiger partial charge in [0.05, 0.1) is 6.04 Å². The van der Waals surface area contributed by atoms with E-state index in [2.05, 4.69) is 5.32 Å². The van der Waals surface area contributed by atoms with Crippen LogP contribution in [0, 0.1) is 5.82 Å². The first-order chi connectivity index (χ1) is 6.66. The maximum absolute atomic E-state index is 12.8. The number of benzene rings is 1. The van der Waals surface area contributed by atoms with Crippen LogP contribution in [0.2, 0.25) is 0 Å². The average molecular weight is 194 g/mol. The minimum atomic E-state index is -0.361. The van der Waals surface area contributed by atoms with Crippen LogP contribution < -0.4 is 11.1 Å². The quantitative estimate of drug-likeness (QED) is 0.676. The third kappa shape index (κ3) is 1.61. The number of primary amides is 1. The number of halogens is 1. The highest BCUT2D eigenvalue weighted by molar-refractivity contribution is 5.80. The second-order valence-corrected chi connectivity index (χ2v) is 3.45. The maximum Gasteiger partial charge on any atom is 0.234 e. The molecular formula is C10H11FN2O. The lowest BCUT2D eigenvalue weighted by molar-refractivity contribution is -0.120. The van der Waals surface area contributed by atoms with E-state index in [0.717, 1.165) is 11.1 Å². The Bertz CT molecular complexity index is 378. The first kappa shape index (κ1) is 9.15. The summed E-state index contributed by atoms with van der Waals surface area (Å²) in [6, 6.07) is 4.27. The van der Waals surface area contributed by atoms with Crippen molar-refractivity contribution in [2.45, 2.75) is 19.0 Å². The van der Waals surface area contributed by atoms with Crippen LogP contribution in [0.25, 0.3) is 0 Å². The van der Waals surface area contributed by atoms with Gasteiger partial charge in [0.15, 0.2) is 0 Å². The summed E-state index contributed by atoms with van der Waals surface area (Å²) in [4.78, 5) is 10.9. The first-order valence-corrected chi connectivity index (χ1v) is 4.47. The van der Waals surface area contributed by atoms with Crippen molar-refractivity contribution in [3.8, 4) is 0 Å². The van der Waals surface area contributed by atoms with Crippen LogP contribution in [0.5, 0.6) is 0 Å². The zero-order valence-electron chi connectivity index (χ0n) is 7.59. The van der Waals surface area contributed by atoms with E-state index in [1.165, 1.54) is 12.1 Å². The molecule has 0 aromatic heterocycles. The summed E-state index contributed by atoms with van der Waals surface area (Å²) in [6.45, 7) is 0.501. The van der Waals surface area contributed by atoms with E-state index in [1.54, 1.807) is 6.07 Å². The smallest absolute Gasteiger partial charge is 0.234 e. The number of fused-ring (bicyclic) bond motifs is 1. The maximum atomic E-state index is 12.8. The number of amides is 1. The van der Waals surface area contributed by atoms with Crippen LogP contribution in [0.15, 0.2) is 18.2 Å². The summed E-state index contributed by atoms with van der Waals surface area (Å²) >= 11 is 0. The molecule has 3 nitrogen and oxygen atoms in total. The molecule has 14 heavy (non-hydrogen) atoms. The highest BCUT2D eigenvalue weighted by Crippen LogP contribution is 2.17. The predicted molar refractivity (Wildman–Crippen MR) is 49.9 cm³/mol. The first-order valence-electron chi connectivity index (χ1n) is 4.47. The topological polar surface area (TPSA) is 55.1 Å². The Labute approximate surface area is 81.1 Å². The van der Waals surface area contributed by atoms with Gasteiger partial charge in [-0.05, 0) is 29.7 Å². The number of carbonyl (C=O) groups is 1. The van der Waals surface area contributed by atoms with Crippen molar-refractivity contribution in [3.05, 3.63) is 35.1 Å². The van der Waals surface area contributed by atoms with E-state index >= 15 is 0 Å². The molecule has 0 fully saturated rings. The van der Waals surface area contributed by atoms with Crippen molar-refractivity contribution in [3.63, 3.8) is 0 Å². The molecule has 0 bridgehead atoms. The molecule has 0 saturated carbocycles. The summed E-state index contributed by atoms with van der Waals surface area (Å²) in [5, 5.41) is 2.96. The molecular weight excluding hydrogens is 183 g/mol. The van der Waals surface area contributed by atoms with Gasteiger partial charge >= 0.3 is 0 Å². The number of rotatable bonds is 1. The number of hydrogen-bond acceptors (Lipinski definition) is 2. The standard InChI is InChI=1S/C10H11FN2O/c11-8-2-1-6-4-9(10(12)14)13-5-7(6)3-8/h1-3,9,13H,4-5H2,(H2,12,14)/t9-/m0/s1. The molecule has 0 radical (unpaired) electrons. The largest absolute Gasteiger partial charge is 0.368 e. The van der Waals surface area contributed by atoms with Crippen LogP contribution in [-0.2, 0) is 17.8 Å². The molecule has 3 N–H and O–H groups in total. The summed E-state index contributed by atoms with van der Waals surface area (Å²) < 4.78 is 12.8. The average Bonchev–Trinajstić information content (AvgIpc) is 2.16. The number of nitrogens with one attached hydrogen (secondary N) is 1. The molecule has 1 aliphatic rings. The van der Waals surface area contributed by atoms with Crippen molar-refractivity contribution in [1.82, 2.24) is 5.32 Å². The molecule has 0 unspecified atom stereocenters. The molecule has 74 valence electrons. The molecule has 1 atom stereocenters. The Kier molecular flexibility index (Phi) is 2.21. The fourth-order valence-corrected chi connectivity index (χ4v) is 1.68. The Morgan fingerprint density at radius 2 is 2.29 bits per heavy atom. The monoisotopic (exact) mass is 194 g/mol. The van der Waals surface area contributed by atoms with E-state index in [0.29, 0.717) is 13.0 Å². The molecule has 0 aliphatic carbocycles. The van der Waals surface area contributed by atoms with Crippen LogP contribution in [-0.4, -0.2) is 11.9 Å². The molecule has 2 rings (SSSR count). The summed E-state index contributed by atoms with van der Waals surface area (Å²) in [5.74, 6) is -0.608. The van der Waals surface area contributed by atoms with Crippen molar-refractivity contribution in [1.29, 1.82) is 0 Å². The van der Waals surface area contributed by atoms with Gasteiger partial charge in [-0.15, -0.1) is 0 Å². The molecule has 0 spiro atoms. The van der Waals surface area contributed by atoms with Gasteiger partial charge in [-0.2, -0.15) is 0 Å². The van der Waals surface area contributed by atoms with Gasteiger partial charge < -0.3 is 11.1 Å². The number of hydrogen-bond donors (Lipinski definition) is 2. The third-order valence-electron chi connectivity index (χ3n) is 2.47. The molecule has 1 aromatic carbocycles. The van der Waals surface area contributed by atoms with E-state index < -0.39 is 0 Å². The van der Waals surface area contributed by atoms with Gasteiger partial charge in [0.2, 0.25) is 5.91 Å². The fourth-order valence-electron chi connectivity index (χ4n) is 1.68. The van der Waals surface area contributed by atoms with Crippen molar-refractivity contribution in [2.24, 2.45) is 5.73 Å². The molecule has 1 aliphatic heterocycles. The second-order valence-electron chi connectivity index (χ2n) is 3.45. The van der Waals surface area contributed by atoms with Crippen LogP contribution in [0.3, 0.4) is 0 Å². The van der Waals surface area contributed by atoms with Crippen LogP contribution >= 0.6 is 0 Å². The van der Waals surface area contributed by atoms with Gasteiger partial charge in [0, 0.05) is 6.54 Å². The second kappa shape index (κ2) is 3.38. The fraction of sp³-hybridized carbons (Fsp3) is 0.300. The minimum absolute atomic E-state index is 0.247. The van der Waals surface area contributed by atoms with Gasteiger partial charge in [-0.1, -0.05) is 6.07 Å². The minimum Gasteiger partial charge on any atom is -0.368 e. The van der Waals surface area contributed by atoms with E-state index in [-0.39, 0.29) is 17.8 Å². The normalized spacial score (nSPS) is 20.2. The Morgan fingerprint density at radius 3 is 3.00 bits per heavy atom. The van der Waals surface area contributed by atoms with Crippen LogP contribution in [0.4, 0.5) is 4.39 Å². The molecule has 0 saturated heterocycles. The highest BCUT2D eigenvalue weighted by Gasteiger charge is 2.21. The highest BCUT2D eigenvalue weighted by atomic mass is 19.1. The van der Waals surface area contributed by atoms with Crippen molar-refractivity contribution < 1.29 is 9.18 Å². The summed E-state index contributed by atoms with van der Waals surface area (Å²) in [6.07, 6.45) is 0.547. The molecule has 4 heteroatoms. The van der Waals surface area contributed by atoms with Gasteiger partial charge in [0.1, 0.15) is 5.82 Å². The predicted octanol–water partition coefficient (Wildman–Crippen LogP) is 0.325. The summed E-state index contributed by atoms with van der Waals surface area (Å²) in [7, 11) is 0. The summed E-state index contributed by atoms with van der Waals surface area (Å²) in [5.41, 5.74) is 7.08. The van der Waals surface area contributed by atoms with Crippen molar-refractivity contribution >= 4 is 5.91 Å². The van der Waals surface area contributed by atoms with Gasteiger partial charge in [-0.25, -0.2) is 4.39 Å². The molecule has 1 amide bonds. The molecule has 1 heterocycles. The van der Waals surface area contributed by atoms with Crippen LogP contribution in [0.1, 0.15) is 11.1 Å². The molecule has 1 aromatic rings. The Balaban J connectivity index is 2.27. The lowest BCUT2D eigenvalue weighted by Gasteiger charge is -2.23. The SMILES string of the molecule is NC(=O)[C@@H]1Cc2ccc(F)cc2CN1. The number of carbonyl (C=O) groups excluding carboxylic acids is 1. The van der Waals surface area contributed by atoms with Gasteiger partial charge in [0.25, 0.3) is 0 Å². The zero-order valence-corrected chi connectivity index (χ0v) is 7.59. The Morgan fingerprint density at radius 1 is 1.50 bits per heavy atom. The van der Waals surface area contributed by atoms with Crippen molar-refractivity contribution in [2.75, 3.05) is 0 Å². The van der Waals surface area contributed by atoms with E-state index in [9.17, 15) is 9.18 Å².